The van der Waals surface area contributed by atoms with Gasteiger partial charge in [0.1, 0.15) is 0 Å². The molecule has 148 valence electrons. The third-order valence-electron chi connectivity index (χ3n) is 3.63. The smallest absolute Gasteiger partial charge is 0.353 e. The fourth-order valence-corrected chi connectivity index (χ4v) is 5.46. The van der Waals surface area contributed by atoms with E-state index in [-0.39, 0.29) is 12.9 Å². The Morgan fingerprint density at radius 3 is 2.54 bits per heavy atom. The Morgan fingerprint density at radius 1 is 1.27 bits per heavy atom. The van der Waals surface area contributed by atoms with Crippen LogP contribution >= 0.6 is 0 Å². The molecule has 2 atom stereocenters. The van der Waals surface area contributed by atoms with Crippen LogP contribution in [-0.4, -0.2) is 32.1 Å². The minimum Gasteiger partial charge on any atom is -0.353 e. The average Bonchev–Trinajstić information content (AvgIpc) is 2.58. The summed E-state index contributed by atoms with van der Waals surface area (Å²) >= 11 is -1.60. The molecule has 1 aliphatic heterocycles. The Balaban J connectivity index is 2.20. The van der Waals surface area contributed by atoms with Gasteiger partial charge in [-0.05, 0) is 42.8 Å². The zero-order valence-corrected chi connectivity index (χ0v) is 16.1. The fraction of sp³-hybridized carbons (Fsp3) is 0.625. The highest BCUT2D eigenvalue weighted by Crippen LogP contribution is 2.33. The first kappa shape index (κ1) is 21.5. The maximum absolute atomic E-state index is 12.7. The topological polar surface area (TPSA) is 61.8 Å². The van der Waals surface area contributed by atoms with Crippen molar-refractivity contribution in [3.8, 4) is 0 Å². The Hall–Kier alpha value is -0.810. The third kappa shape index (κ3) is 5.59. The molecular weight excluding hydrogens is 393 g/mol. The lowest BCUT2D eigenvalue weighted by molar-refractivity contribution is -0.169. The van der Waals surface area contributed by atoms with Crippen LogP contribution in [0.5, 0.6) is 0 Å². The second-order valence-electron chi connectivity index (χ2n) is 6.03. The molecule has 1 heterocycles. The lowest BCUT2D eigenvalue weighted by atomic mass is 10.2. The molecule has 0 spiro atoms. The van der Waals surface area contributed by atoms with E-state index in [1.165, 1.54) is 0 Å². The standard InChI is InChI=1S/C16H22F3O5S2/c1-12(2)25(24-26(20,21)16(17,18)19)14-8-4-3-7-13(14)11-23-15-9-5-6-10-22-15/h3-4,7-8,12,15H,5-6,9-11H2,1-2H3/q+1/t15-,25?/m0/s1. The first-order chi connectivity index (χ1) is 12.1. The van der Waals surface area contributed by atoms with Gasteiger partial charge in [0.25, 0.3) is 0 Å². The average molecular weight is 415 g/mol. The van der Waals surface area contributed by atoms with Crippen molar-refractivity contribution in [3.63, 3.8) is 0 Å². The van der Waals surface area contributed by atoms with E-state index in [2.05, 4.69) is 3.63 Å². The Bertz CT molecular complexity index is 685. The zero-order valence-electron chi connectivity index (χ0n) is 14.5. The number of benzene rings is 1. The van der Waals surface area contributed by atoms with Gasteiger partial charge in [0.05, 0.1) is 6.61 Å². The van der Waals surface area contributed by atoms with E-state index in [9.17, 15) is 21.6 Å². The predicted molar refractivity (Wildman–Crippen MR) is 91.6 cm³/mol. The molecule has 0 aromatic heterocycles. The summed E-state index contributed by atoms with van der Waals surface area (Å²) in [6.45, 7) is 3.93. The van der Waals surface area contributed by atoms with Gasteiger partial charge in [0.2, 0.25) is 11.2 Å². The van der Waals surface area contributed by atoms with Crippen LogP contribution < -0.4 is 0 Å². The second-order valence-corrected chi connectivity index (χ2v) is 9.92. The summed E-state index contributed by atoms with van der Waals surface area (Å²) in [6, 6.07) is 6.59. The highest BCUT2D eigenvalue weighted by Gasteiger charge is 2.54. The highest BCUT2D eigenvalue weighted by atomic mass is 32.3. The van der Waals surface area contributed by atoms with Gasteiger partial charge in [-0.2, -0.15) is 21.6 Å². The van der Waals surface area contributed by atoms with Crippen LogP contribution in [0.25, 0.3) is 0 Å². The molecule has 10 heteroatoms. The molecule has 0 amide bonds. The summed E-state index contributed by atoms with van der Waals surface area (Å²) < 4.78 is 76.8. The van der Waals surface area contributed by atoms with Crippen molar-refractivity contribution in [2.24, 2.45) is 0 Å². The summed E-state index contributed by atoms with van der Waals surface area (Å²) in [5.74, 6) is 0. The lowest BCUT2D eigenvalue weighted by Gasteiger charge is -2.23. The summed E-state index contributed by atoms with van der Waals surface area (Å²) in [5.41, 5.74) is -4.88. The normalized spacial score (nSPS) is 20.3. The molecule has 1 saturated heterocycles. The van der Waals surface area contributed by atoms with Crippen molar-refractivity contribution in [2.45, 2.75) is 61.7 Å². The van der Waals surface area contributed by atoms with Crippen LogP contribution in [0, 0.1) is 0 Å². The number of alkyl halides is 3. The molecule has 1 fully saturated rings. The van der Waals surface area contributed by atoms with Gasteiger partial charge in [-0.3, -0.25) is 0 Å². The molecule has 1 aromatic rings. The van der Waals surface area contributed by atoms with Crippen LogP contribution in [0.2, 0.25) is 0 Å². The Morgan fingerprint density at radius 2 is 1.96 bits per heavy atom. The highest BCUT2D eigenvalue weighted by molar-refractivity contribution is 8.03. The minimum atomic E-state index is -5.70. The molecular formula is C16H22F3O5S2+. The maximum Gasteiger partial charge on any atom is 0.527 e. The Labute approximate surface area is 154 Å². The molecule has 5 nitrogen and oxygen atoms in total. The van der Waals surface area contributed by atoms with Crippen molar-refractivity contribution >= 4 is 21.3 Å². The van der Waals surface area contributed by atoms with Crippen molar-refractivity contribution < 1.29 is 34.7 Å². The van der Waals surface area contributed by atoms with Gasteiger partial charge >= 0.3 is 15.6 Å². The van der Waals surface area contributed by atoms with Gasteiger partial charge in [-0.25, -0.2) is 0 Å². The van der Waals surface area contributed by atoms with E-state index >= 15 is 0 Å². The maximum atomic E-state index is 12.7. The largest absolute Gasteiger partial charge is 0.527 e. The van der Waals surface area contributed by atoms with Crippen molar-refractivity contribution in [1.82, 2.24) is 0 Å². The lowest BCUT2D eigenvalue weighted by Crippen LogP contribution is -2.32. The quantitative estimate of drug-likeness (QED) is 0.499. The number of ether oxygens (including phenoxy) is 2. The first-order valence-electron chi connectivity index (χ1n) is 8.17. The SMILES string of the molecule is CC(C)[S+](OS(=O)(=O)C(F)(F)F)c1ccccc1CO[C@H]1CCCCO1. The monoisotopic (exact) mass is 415 g/mol. The molecule has 0 radical (unpaired) electrons. The van der Waals surface area contributed by atoms with Crippen LogP contribution in [0.1, 0.15) is 38.7 Å². The molecule has 1 aliphatic rings. The van der Waals surface area contributed by atoms with Crippen LogP contribution in [0.15, 0.2) is 29.2 Å². The first-order valence-corrected chi connectivity index (χ1v) is 10.8. The zero-order chi connectivity index (χ0) is 19.4. The summed E-state index contributed by atoms with van der Waals surface area (Å²) in [7, 11) is -5.70. The molecule has 0 bridgehead atoms. The minimum absolute atomic E-state index is 0.104. The summed E-state index contributed by atoms with van der Waals surface area (Å²) in [5, 5.41) is -0.473. The van der Waals surface area contributed by atoms with Crippen molar-refractivity contribution in [2.75, 3.05) is 6.61 Å². The van der Waals surface area contributed by atoms with Gasteiger partial charge in [0, 0.05) is 12.2 Å². The molecule has 26 heavy (non-hydrogen) atoms. The molecule has 2 rings (SSSR count). The summed E-state index contributed by atoms with van der Waals surface area (Å²) in [6.07, 6.45) is 2.33. The number of hydrogen-bond acceptors (Lipinski definition) is 5. The van der Waals surface area contributed by atoms with Gasteiger partial charge in [0.15, 0.2) is 16.4 Å². The molecule has 1 unspecified atom stereocenters. The number of hydrogen-bond donors (Lipinski definition) is 0. The van der Waals surface area contributed by atoms with Crippen molar-refractivity contribution in [3.05, 3.63) is 29.8 Å². The van der Waals surface area contributed by atoms with E-state index in [4.69, 9.17) is 9.47 Å². The second kappa shape index (κ2) is 8.92. The Kier molecular flexibility index (Phi) is 7.37. The van der Waals surface area contributed by atoms with E-state index in [0.29, 0.717) is 17.1 Å². The number of halogens is 3. The third-order valence-corrected chi connectivity index (χ3v) is 7.18. The van der Waals surface area contributed by atoms with Crippen molar-refractivity contribution in [1.29, 1.82) is 0 Å². The van der Waals surface area contributed by atoms with E-state index in [1.54, 1.807) is 38.1 Å². The van der Waals surface area contributed by atoms with Crippen LogP contribution in [0.3, 0.4) is 0 Å². The molecule has 0 saturated carbocycles. The molecule has 0 N–H and O–H groups in total. The van der Waals surface area contributed by atoms with Crippen LogP contribution in [0.4, 0.5) is 13.2 Å². The van der Waals surface area contributed by atoms with Gasteiger partial charge in [-0.1, -0.05) is 18.2 Å². The van der Waals surface area contributed by atoms with E-state index in [1.807, 2.05) is 0 Å². The molecule has 0 aliphatic carbocycles. The predicted octanol–water partition coefficient (Wildman–Crippen LogP) is 3.90. The van der Waals surface area contributed by atoms with Gasteiger partial charge in [-0.15, -0.1) is 0 Å². The van der Waals surface area contributed by atoms with Gasteiger partial charge < -0.3 is 9.47 Å². The van der Waals surface area contributed by atoms with E-state index in [0.717, 1.165) is 19.3 Å². The van der Waals surface area contributed by atoms with E-state index < -0.39 is 32.1 Å². The van der Waals surface area contributed by atoms with Crippen LogP contribution in [-0.2, 0) is 41.0 Å². The fourth-order valence-electron chi connectivity index (χ4n) is 2.35. The summed E-state index contributed by atoms with van der Waals surface area (Å²) in [4.78, 5) is 0.381. The molecule has 1 aromatic carbocycles. The number of rotatable bonds is 7.